The molecule has 2 aliphatic heterocycles. The highest BCUT2D eigenvalue weighted by atomic mass is 16.9. The molecule has 0 aromatic rings. The molecule has 0 aromatic carbocycles. The fraction of sp³-hybridized carbons (Fsp3) is 0.875. The van der Waals surface area contributed by atoms with E-state index in [4.69, 9.17) is 14.2 Å². The normalized spacial score (nSPS) is 46.8. The number of rotatable bonds is 3. The second-order valence-corrected chi connectivity index (χ2v) is 7.42. The van der Waals surface area contributed by atoms with Gasteiger partial charge in [-0.2, -0.15) is 0 Å². The fourth-order valence-corrected chi connectivity index (χ4v) is 4.52. The maximum Gasteiger partial charge on any atom is 0.514 e. The minimum absolute atomic E-state index is 0.00367. The van der Waals surface area contributed by atoms with Gasteiger partial charge in [-0.1, -0.05) is 32.6 Å². The first-order valence-corrected chi connectivity index (χ1v) is 8.11. The molecule has 2 saturated carbocycles. The molecular weight excluding hydrogens is 272 g/mol. The molecule has 5 heteroatoms. The van der Waals surface area contributed by atoms with E-state index in [1.165, 1.54) is 25.7 Å². The van der Waals surface area contributed by atoms with E-state index in [-0.39, 0.29) is 12.0 Å². The van der Waals surface area contributed by atoms with E-state index >= 15 is 0 Å². The minimum atomic E-state index is -0.895. The Hall–Kier alpha value is -1.10. The van der Waals surface area contributed by atoms with E-state index in [9.17, 15) is 9.59 Å². The first-order valence-electron chi connectivity index (χ1n) is 8.11. The average Bonchev–Trinajstić information content (AvgIpc) is 3.13. The highest BCUT2D eigenvalue weighted by Gasteiger charge is 2.72. The molecule has 3 unspecified atom stereocenters. The zero-order chi connectivity index (χ0) is 14.7. The third-order valence-electron chi connectivity index (χ3n) is 5.96. The zero-order valence-electron chi connectivity index (χ0n) is 12.4. The van der Waals surface area contributed by atoms with Crippen LogP contribution in [0.1, 0.15) is 51.9 Å². The number of aldehydes is 1. The van der Waals surface area contributed by atoms with Gasteiger partial charge in [0, 0.05) is 5.92 Å². The molecule has 116 valence electrons. The Morgan fingerprint density at radius 2 is 1.95 bits per heavy atom. The molecule has 3 atom stereocenters. The van der Waals surface area contributed by atoms with E-state index in [2.05, 4.69) is 6.92 Å². The lowest BCUT2D eigenvalue weighted by Gasteiger charge is -2.48. The Morgan fingerprint density at radius 3 is 2.57 bits per heavy atom. The van der Waals surface area contributed by atoms with Gasteiger partial charge in [-0.05, 0) is 24.7 Å². The van der Waals surface area contributed by atoms with E-state index < -0.39 is 17.5 Å². The maximum absolute atomic E-state index is 11.2. The lowest BCUT2D eigenvalue weighted by Crippen LogP contribution is -2.60. The van der Waals surface area contributed by atoms with Gasteiger partial charge < -0.3 is 19.0 Å². The maximum atomic E-state index is 11.2. The molecule has 0 aromatic heterocycles. The van der Waals surface area contributed by atoms with Crippen LogP contribution in [0, 0.1) is 17.8 Å². The minimum Gasteiger partial charge on any atom is -0.390 e. The smallest absolute Gasteiger partial charge is 0.390 e. The Bertz CT molecular complexity index is 459. The van der Waals surface area contributed by atoms with Crippen molar-refractivity contribution in [1.82, 2.24) is 0 Å². The number of fused-ring (bicyclic) bond motifs is 1. The fourth-order valence-electron chi connectivity index (χ4n) is 4.52. The van der Waals surface area contributed by atoms with Gasteiger partial charge in [-0.3, -0.25) is 0 Å². The number of carbonyl (C=O) groups excluding carboxylic acids is 2. The highest BCUT2D eigenvalue weighted by molar-refractivity contribution is 5.71. The molecule has 2 saturated heterocycles. The van der Waals surface area contributed by atoms with Crippen LogP contribution in [-0.4, -0.2) is 29.9 Å². The zero-order valence-corrected chi connectivity index (χ0v) is 12.4. The Kier molecular flexibility index (Phi) is 2.87. The molecule has 4 aliphatic rings. The first kappa shape index (κ1) is 13.6. The summed E-state index contributed by atoms with van der Waals surface area (Å²) in [7, 11) is 0. The summed E-state index contributed by atoms with van der Waals surface area (Å²) in [5, 5.41) is 0. The predicted octanol–water partition coefficient (Wildman–Crippen LogP) is 2.81. The quantitative estimate of drug-likeness (QED) is 0.455. The van der Waals surface area contributed by atoms with Gasteiger partial charge in [0.15, 0.2) is 11.9 Å². The van der Waals surface area contributed by atoms with Gasteiger partial charge in [0.25, 0.3) is 5.79 Å². The summed E-state index contributed by atoms with van der Waals surface area (Å²) in [6.07, 6.45) is 7.42. The summed E-state index contributed by atoms with van der Waals surface area (Å²) < 4.78 is 16.3. The van der Waals surface area contributed by atoms with Crippen LogP contribution in [0.15, 0.2) is 0 Å². The van der Waals surface area contributed by atoms with Gasteiger partial charge in [0.1, 0.15) is 0 Å². The number of hydrogen-bond donors (Lipinski definition) is 0. The van der Waals surface area contributed by atoms with Crippen LogP contribution in [-0.2, 0) is 19.0 Å². The lowest BCUT2D eigenvalue weighted by molar-refractivity contribution is -0.312. The number of ether oxygens (including phenoxy) is 3. The second kappa shape index (κ2) is 4.45. The van der Waals surface area contributed by atoms with Crippen molar-refractivity contribution in [2.24, 2.45) is 17.8 Å². The lowest BCUT2D eigenvalue weighted by atomic mass is 9.70. The molecular formula is C16H22O5. The van der Waals surface area contributed by atoms with Crippen LogP contribution < -0.4 is 0 Å². The molecule has 0 radical (unpaired) electrons. The molecule has 0 N–H and O–H groups in total. The highest BCUT2D eigenvalue weighted by Crippen LogP contribution is 2.58. The van der Waals surface area contributed by atoms with E-state index in [1.807, 2.05) is 0 Å². The summed E-state index contributed by atoms with van der Waals surface area (Å²) in [6, 6.07) is 0. The van der Waals surface area contributed by atoms with Crippen LogP contribution >= 0.6 is 0 Å². The van der Waals surface area contributed by atoms with Gasteiger partial charge in [-0.25, -0.2) is 4.79 Å². The molecule has 4 fully saturated rings. The molecule has 21 heavy (non-hydrogen) atoms. The number of hydrogen-bond acceptors (Lipinski definition) is 5. The van der Waals surface area contributed by atoms with Crippen molar-refractivity contribution in [2.45, 2.75) is 69.4 Å². The van der Waals surface area contributed by atoms with Gasteiger partial charge in [0.05, 0.1) is 12.5 Å². The third kappa shape index (κ3) is 2.08. The molecule has 2 heterocycles. The van der Waals surface area contributed by atoms with Crippen LogP contribution in [0.25, 0.3) is 0 Å². The largest absolute Gasteiger partial charge is 0.514 e. The van der Waals surface area contributed by atoms with Gasteiger partial charge in [0.2, 0.25) is 0 Å². The van der Waals surface area contributed by atoms with Crippen molar-refractivity contribution in [3.63, 3.8) is 0 Å². The number of epoxide rings is 1. The average molecular weight is 294 g/mol. The molecule has 0 bridgehead atoms. The monoisotopic (exact) mass is 294 g/mol. The Balaban J connectivity index is 1.46. The van der Waals surface area contributed by atoms with E-state index in [1.54, 1.807) is 0 Å². The number of carbonyl (C=O) groups is 2. The first-order chi connectivity index (χ1) is 10.1. The van der Waals surface area contributed by atoms with Crippen molar-refractivity contribution in [1.29, 1.82) is 0 Å². The SMILES string of the molecule is CC1CCC(CC2CC3OC3(C=O)CC23OC(=O)O3)CC1. The second-order valence-electron chi connectivity index (χ2n) is 7.42. The van der Waals surface area contributed by atoms with Crippen LogP contribution in [0.3, 0.4) is 0 Å². The Morgan fingerprint density at radius 1 is 1.24 bits per heavy atom. The standard InChI is InChI=1S/C16H22O5/c1-10-2-4-11(5-3-10)6-12-7-13-15(9-17,19-13)8-16(12)20-14(18)21-16/h9-13H,2-8H2,1H3. The van der Waals surface area contributed by atoms with Gasteiger partial charge >= 0.3 is 6.16 Å². The predicted molar refractivity (Wildman–Crippen MR) is 72.4 cm³/mol. The van der Waals surface area contributed by atoms with Crippen molar-refractivity contribution in [3.05, 3.63) is 0 Å². The third-order valence-corrected chi connectivity index (χ3v) is 5.96. The summed E-state index contributed by atoms with van der Waals surface area (Å²) in [6.45, 7) is 2.31. The molecule has 1 spiro atoms. The van der Waals surface area contributed by atoms with Crippen LogP contribution in [0.2, 0.25) is 0 Å². The van der Waals surface area contributed by atoms with E-state index in [0.29, 0.717) is 12.3 Å². The summed E-state index contributed by atoms with van der Waals surface area (Å²) in [5.41, 5.74) is -0.752. The summed E-state index contributed by atoms with van der Waals surface area (Å²) in [4.78, 5) is 22.4. The van der Waals surface area contributed by atoms with Crippen molar-refractivity contribution in [3.8, 4) is 0 Å². The molecule has 4 rings (SSSR count). The van der Waals surface area contributed by atoms with Crippen molar-refractivity contribution in [2.75, 3.05) is 0 Å². The van der Waals surface area contributed by atoms with Crippen LogP contribution in [0.4, 0.5) is 4.79 Å². The summed E-state index contributed by atoms with van der Waals surface area (Å²) in [5.74, 6) is 0.769. The molecule has 0 amide bonds. The molecule has 5 nitrogen and oxygen atoms in total. The van der Waals surface area contributed by atoms with Crippen molar-refractivity contribution < 1.29 is 23.8 Å². The van der Waals surface area contributed by atoms with E-state index in [0.717, 1.165) is 25.0 Å². The van der Waals surface area contributed by atoms with Crippen molar-refractivity contribution >= 4 is 12.4 Å². The van der Waals surface area contributed by atoms with Gasteiger partial charge in [-0.15, -0.1) is 0 Å². The Labute approximate surface area is 124 Å². The van der Waals surface area contributed by atoms with Crippen LogP contribution in [0.5, 0.6) is 0 Å². The topological polar surface area (TPSA) is 65.1 Å². The summed E-state index contributed by atoms with van der Waals surface area (Å²) >= 11 is 0. The molecule has 2 aliphatic carbocycles.